The van der Waals surface area contributed by atoms with Gasteiger partial charge in [0.1, 0.15) is 11.2 Å². The van der Waals surface area contributed by atoms with Crippen LogP contribution in [0.15, 0.2) is 35.6 Å². The molecule has 0 radical (unpaired) electrons. The van der Waals surface area contributed by atoms with E-state index in [0.29, 0.717) is 11.5 Å². The first-order chi connectivity index (χ1) is 11.1. The SMILES string of the molecule is CCOC(=O)c1c[nH]c2nc(-c3ccncc3C)ncc2c1=O. The average Bonchev–Trinajstić information content (AvgIpc) is 2.55. The van der Waals surface area contributed by atoms with Crippen molar-refractivity contribution in [3.63, 3.8) is 0 Å². The molecule has 3 aromatic rings. The number of nitrogens with one attached hydrogen (secondary N) is 1. The van der Waals surface area contributed by atoms with Crippen molar-refractivity contribution in [2.45, 2.75) is 13.8 Å². The molecular weight excluding hydrogens is 296 g/mol. The summed E-state index contributed by atoms with van der Waals surface area (Å²) >= 11 is 0. The van der Waals surface area contributed by atoms with Crippen molar-refractivity contribution in [3.05, 3.63) is 52.2 Å². The summed E-state index contributed by atoms with van der Waals surface area (Å²) in [6.45, 7) is 3.79. The summed E-state index contributed by atoms with van der Waals surface area (Å²) in [6.07, 6.45) is 6.11. The maximum absolute atomic E-state index is 12.3. The summed E-state index contributed by atoms with van der Waals surface area (Å²) in [4.78, 5) is 39.6. The molecule has 116 valence electrons. The highest BCUT2D eigenvalue weighted by Gasteiger charge is 2.15. The number of aromatic nitrogens is 4. The summed E-state index contributed by atoms with van der Waals surface area (Å²) < 4.78 is 4.86. The lowest BCUT2D eigenvalue weighted by Gasteiger charge is -2.06. The lowest BCUT2D eigenvalue weighted by atomic mass is 10.1. The smallest absolute Gasteiger partial charge is 0.343 e. The lowest BCUT2D eigenvalue weighted by Crippen LogP contribution is -2.18. The molecule has 7 nitrogen and oxygen atoms in total. The van der Waals surface area contributed by atoms with Crippen LogP contribution in [0.2, 0.25) is 0 Å². The fourth-order valence-corrected chi connectivity index (χ4v) is 2.22. The van der Waals surface area contributed by atoms with Crippen LogP contribution in [-0.2, 0) is 4.74 Å². The molecule has 3 rings (SSSR count). The van der Waals surface area contributed by atoms with Crippen LogP contribution in [0.1, 0.15) is 22.8 Å². The van der Waals surface area contributed by atoms with Crippen molar-refractivity contribution in [2.75, 3.05) is 6.61 Å². The molecule has 0 aliphatic heterocycles. The molecule has 0 aliphatic rings. The molecule has 3 aromatic heterocycles. The van der Waals surface area contributed by atoms with Crippen molar-refractivity contribution < 1.29 is 9.53 Å². The van der Waals surface area contributed by atoms with Crippen molar-refractivity contribution in [1.82, 2.24) is 19.9 Å². The van der Waals surface area contributed by atoms with Crippen LogP contribution in [0.3, 0.4) is 0 Å². The molecule has 0 unspecified atom stereocenters. The van der Waals surface area contributed by atoms with Gasteiger partial charge in [-0.1, -0.05) is 0 Å². The second-order valence-corrected chi connectivity index (χ2v) is 4.90. The number of aromatic amines is 1. The summed E-state index contributed by atoms with van der Waals surface area (Å²) in [5.41, 5.74) is 1.62. The molecule has 1 N–H and O–H groups in total. The van der Waals surface area contributed by atoms with E-state index in [1.165, 1.54) is 12.4 Å². The number of aryl methyl sites for hydroxylation is 1. The fraction of sp³-hybridized carbons (Fsp3) is 0.188. The van der Waals surface area contributed by atoms with Crippen LogP contribution in [0, 0.1) is 6.92 Å². The average molecular weight is 310 g/mol. The van der Waals surface area contributed by atoms with Crippen molar-refractivity contribution >= 4 is 17.0 Å². The zero-order valence-corrected chi connectivity index (χ0v) is 12.7. The molecule has 0 spiro atoms. The molecule has 0 fully saturated rings. The number of hydrogen-bond acceptors (Lipinski definition) is 6. The molecule has 0 aliphatic carbocycles. The van der Waals surface area contributed by atoms with E-state index in [4.69, 9.17) is 4.74 Å². The van der Waals surface area contributed by atoms with Crippen LogP contribution in [0.4, 0.5) is 0 Å². The molecule has 23 heavy (non-hydrogen) atoms. The minimum absolute atomic E-state index is 0.0595. The van der Waals surface area contributed by atoms with Gasteiger partial charge in [-0.2, -0.15) is 0 Å². The fourth-order valence-electron chi connectivity index (χ4n) is 2.22. The zero-order valence-electron chi connectivity index (χ0n) is 12.7. The minimum Gasteiger partial charge on any atom is -0.462 e. The van der Waals surface area contributed by atoms with Gasteiger partial charge in [0.2, 0.25) is 5.43 Å². The van der Waals surface area contributed by atoms with Gasteiger partial charge in [0.05, 0.1) is 12.0 Å². The van der Waals surface area contributed by atoms with E-state index in [2.05, 4.69) is 19.9 Å². The number of rotatable bonds is 3. The van der Waals surface area contributed by atoms with Gasteiger partial charge >= 0.3 is 5.97 Å². The first-order valence-corrected chi connectivity index (χ1v) is 7.08. The highest BCUT2D eigenvalue weighted by atomic mass is 16.5. The Hall–Kier alpha value is -3.09. The van der Waals surface area contributed by atoms with Crippen LogP contribution in [-0.4, -0.2) is 32.5 Å². The molecule has 3 heterocycles. The molecule has 0 saturated carbocycles. The van der Waals surface area contributed by atoms with Gasteiger partial charge in [0, 0.05) is 30.4 Å². The van der Waals surface area contributed by atoms with Crippen molar-refractivity contribution in [2.24, 2.45) is 0 Å². The van der Waals surface area contributed by atoms with E-state index in [-0.39, 0.29) is 17.6 Å². The Morgan fingerprint density at radius 1 is 1.35 bits per heavy atom. The number of carbonyl (C=O) groups excluding carboxylic acids is 1. The summed E-state index contributed by atoms with van der Waals surface area (Å²) in [6, 6.07) is 1.81. The standard InChI is InChI=1S/C16H14N4O3/c1-3-23-16(22)12-8-19-15-11(13(12)21)7-18-14(20-15)10-4-5-17-6-9(10)2/h4-8H,3H2,1-2H3,(H,18,19,20,21). The number of carbonyl (C=O) groups is 1. The molecule has 0 saturated heterocycles. The molecule has 0 bridgehead atoms. The largest absolute Gasteiger partial charge is 0.462 e. The molecule has 0 amide bonds. The number of esters is 1. The van der Waals surface area contributed by atoms with E-state index in [1.54, 1.807) is 19.3 Å². The number of nitrogens with zero attached hydrogens (tertiary/aromatic N) is 3. The van der Waals surface area contributed by atoms with E-state index >= 15 is 0 Å². The third-order valence-electron chi connectivity index (χ3n) is 3.39. The Bertz CT molecular complexity index is 949. The Balaban J connectivity index is 2.13. The van der Waals surface area contributed by atoms with Crippen LogP contribution < -0.4 is 5.43 Å². The predicted molar refractivity (Wildman–Crippen MR) is 84.1 cm³/mol. The Morgan fingerprint density at radius 2 is 2.17 bits per heavy atom. The molecular formula is C16H14N4O3. The van der Waals surface area contributed by atoms with Crippen LogP contribution in [0.5, 0.6) is 0 Å². The minimum atomic E-state index is -0.662. The zero-order chi connectivity index (χ0) is 16.4. The van der Waals surface area contributed by atoms with Crippen molar-refractivity contribution in [3.8, 4) is 11.4 Å². The second kappa shape index (κ2) is 5.96. The maximum atomic E-state index is 12.3. The summed E-state index contributed by atoms with van der Waals surface area (Å²) in [5, 5.41) is 0.242. The van der Waals surface area contributed by atoms with Gasteiger partial charge in [0.15, 0.2) is 5.82 Å². The predicted octanol–water partition coefficient (Wildman–Crippen LogP) is 1.87. The topological polar surface area (TPSA) is 97.8 Å². The quantitative estimate of drug-likeness (QED) is 0.742. The van der Waals surface area contributed by atoms with E-state index < -0.39 is 11.4 Å². The van der Waals surface area contributed by atoms with Gasteiger partial charge in [0.25, 0.3) is 0 Å². The van der Waals surface area contributed by atoms with Gasteiger partial charge in [-0.15, -0.1) is 0 Å². The van der Waals surface area contributed by atoms with E-state index in [0.717, 1.165) is 11.1 Å². The highest BCUT2D eigenvalue weighted by Crippen LogP contribution is 2.19. The van der Waals surface area contributed by atoms with Crippen molar-refractivity contribution in [1.29, 1.82) is 0 Å². The number of H-pyrrole nitrogens is 1. The number of ether oxygens (including phenoxy) is 1. The second-order valence-electron chi connectivity index (χ2n) is 4.90. The summed E-state index contributed by atoms with van der Waals surface area (Å²) in [7, 11) is 0. The Morgan fingerprint density at radius 3 is 2.91 bits per heavy atom. The lowest BCUT2D eigenvalue weighted by molar-refractivity contribution is 0.0524. The van der Waals surface area contributed by atoms with Crippen LogP contribution >= 0.6 is 0 Å². The van der Waals surface area contributed by atoms with Gasteiger partial charge < -0.3 is 9.72 Å². The van der Waals surface area contributed by atoms with Gasteiger partial charge in [-0.05, 0) is 25.5 Å². The highest BCUT2D eigenvalue weighted by molar-refractivity contribution is 5.92. The monoisotopic (exact) mass is 310 g/mol. The van der Waals surface area contributed by atoms with E-state index in [1.807, 2.05) is 13.0 Å². The molecule has 7 heteroatoms. The number of fused-ring (bicyclic) bond motifs is 1. The van der Waals surface area contributed by atoms with Crippen LogP contribution in [0.25, 0.3) is 22.4 Å². The molecule has 0 aromatic carbocycles. The Kier molecular flexibility index (Phi) is 3.84. The first-order valence-electron chi connectivity index (χ1n) is 7.08. The normalized spacial score (nSPS) is 10.7. The molecule has 0 atom stereocenters. The number of pyridine rings is 2. The third-order valence-corrected chi connectivity index (χ3v) is 3.39. The Labute approximate surface area is 131 Å². The van der Waals surface area contributed by atoms with Gasteiger partial charge in [-0.25, -0.2) is 14.8 Å². The third kappa shape index (κ3) is 2.68. The maximum Gasteiger partial charge on any atom is 0.343 e. The number of hydrogen-bond donors (Lipinski definition) is 1. The van der Waals surface area contributed by atoms with E-state index in [9.17, 15) is 9.59 Å². The summed E-state index contributed by atoms with van der Waals surface area (Å²) in [5.74, 6) is -0.179. The first kappa shape index (κ1) is 14.8. The van der Waals surface area contributed by atoms with Gasteiger partial charge in [-0.3, -0.25) is 9.78 Å².